The molecular formula is C15H14Cl2N2S. The van der Waals surface area contributed by atoms with Crippen molar-refractivity contribution in [1.29, 1.82) is 0 Å². The maximum atomic E-state index is 5.97. The first-order chi connectivity index (χ1) is 9.54. The van der Waals surface area contributed by atoms with E-state index in [1.165, 1.54) is 0 Å². The molecule has 0 bridgehead atoms. The van der Waals surface area contributed by atoms with Crippen molar-refractivity contribution in [3.8, 4) is 0 Å². The molecule has 0 aromatic heterocycles. The number of benzene rings is 2. The molecule has 20 heavy (non-hydrogen) atoms. The number of nitrogens with zero attached hydrogens (tertiary/aromatic N) is 1. The van der Waals surface area contributed by atoms with Crippen molar-refractivity contribution in [1.82, 2.24) is 4.90 Å². The predicted molar refractivity (Wildman–Crippen MR) is 90.6 cm³/mol. The number of halogens is 2. The molecule has 2 nitrogen and oxygen atoms in total. The molecule has 0 heterocycles. The second-order valence-electron chi connectivity index (χ2n) is 4.42. The van der Waals surface area contributed by atoms with Gasteiger partial charge in [0.2, 0.25) is 0 Å². The number of anilines is 1. The molecule has 104 valence electrons. The van der Waals surface area contributed by atoms with Crippen LogP contribution in [0.4, 0.5) is 5.69 Å². The van der Waals surface area contributed by atoms with Crippen LogP contribution in [0.25, 0.3) is 0 Å². The summed E-state index contributed by atoms with van der Waals surface area (Å²) in [6, 6.07) is 15.2. The fourth-order valence-electron chi connectivity index (χ4n) is 1.73. The van der Waals surface area contributed by atoms with Crippen molar-refractivity contribution in [2.45, 2.75) is 6.54 Å². The lowest BCUT2D eigenvalue weighted by Crippen LogP contribution is -2.30. The van der Waals surface area contributed by atoms with Gasteiger partial charge in [0.05, 0.1) is 0 Å². The van der Waals surface area contributed by atoms with Crippen molar-refractivity contribution < 1.29 is 0 Å². The highest BCUT2D eigenvalue weighted by molar-refractivity contribution is 7.80. The summed E-state index contributed by atoms with van der Waals surface area (Å²) in [6.07, 6.45) is 0. The fraction of sp³-hybridized carbons (Fsp3) is 0.133. The Balaban J connectivity index is 1.96. The zero-order valence-electron chi connectivity index (χ0n) is 10.9. The van der Waals surface area contributed by atoms with Gasteiger partial charge < -0.3 is 10.2 Å². The summed E-state index contributed by atoms with van der Waals surface area (Å²) >= 11 is 17.2. The van der Waals surface area contributed by atoms with Crippen LogP contribution in [-0.2, 0) is 6.54 Å². The van der Waals surface area contributed by atoms with Crippen LogP contribution < -0.4 is 5.32 Å². The lowest BCUT2D eigenvalue weighted by molar-refractivity contribution is 0.508. The van der Waals surface area contributed by atoms with E-state index < -0.39 is 0 Å². The first-order valence-electron chi connectivity index (χ1n) is 6.07. The van der Waals surface area contributed by atoms with E-state index in [4.69, 9.17) is 35.4 Å². The Morgan fingerprint density at radius 2 is 1.80 bits per heavy atom. The van der Waals surface area contributed by atoms with Gasteiger partial charge in [0.15, 0.2) is 5.11 Å². The molecule has 0 saturated heterocycles. The van der Waals surface area contributed by atoms with E-state index in [9.17, 15) is 0 Å². The second kappa shape index (κ2) is 6.93. The van der Waals surface area contributed by atoms with E-state index >= 15 is 0 Å². The summed E-state index contributed by atoms with van der Waals surface area (Å²) in [7, 11) is 1.94. The van der Waals surface area contributed by atoms with Gasteiger partial charge in [-0.25, -0.2) is 0 Å². The van der Waals surface area contributed by atoms with Crippen molar-refractivity contribution in [2.75, 3.05) is 12.4 Å². The highest BCUT2D eigenvalue weighted by Gasteiger charge is 2.06. The van der Waals surface area contributed by atoms with Crippen LogP contribution in [0.3, 0.4) is 0 Å². The van der Waals surface area contributed by atoms with Gasteiger partial charge >= 0.3 is 0 Å². The Labute approximate surface area is 134 Å². The Morgan fingerprint density at radius 1 is 1.10 bits per heavy atom. The van der Waals surface area contributed by atoms with Crippen molar-refractivity contribution >= 4 is 46.2 Å². The van der Waals surface area contributed by atoms with Crippen molar-refractivity contribution in [2.24, 2.45) is 0 Å². The average Bonchev–Trinajstić information content (AvgIpc) is 2.41. The molecule has 0 spiro atoms. The van der Waals surface area contributed by atoms with E-state index in [1.807, 2.05) is 60.5 Å². The maximum Gasteiger partial charge on any atom is 0.173 e. The molecule has 0 amide bonds. The van der Waals surface area contributed by atoms with Gasteiger partial charge in [0, 0.05) is 29.3 Å². The summed E-state index contributed by atoms with van der Waals surface area (Å²) in [6.45, 7) is 0.694. The molecule has 2 aromatic rings. The third-order valence-corrected chi connectivity index (χ3v) is 3.65. The SMILES string of the molecule is CN(Cc1cccc(Cl)c1)C(=S)Nc1ccc(Cl)cc1. The van der Waals surface area contributed by atoms with Gasteiger partial charge in [0.1, 0.15) is 0 Å². The summed E-state index contributed by atoms with van der Waals surface area (Å²) in [4.78, 5) is 1.95. The minimum absolute atomic E-state index is 0.646. The molecule has 0 atom stereocenters. The molecular weight excluding hydrogens is 311 g/mol. The van der Waals surface area contributed by atoms with Crippen LogP contribution in [0.1, 0.15) is 5.56 Å². The quantitative estimate of drug-likeness (QED) is 0.814. The third-order valence-electron chi connectivity index (χ3n) is 2.75. The van der Waals surface area contributed by atoms with Crippen LogP contribution >= 0.6 is 35.4 Å². The lowest BCUT2D eigenvalue weighted by atomic mass is 10.2. The third kappa shape index (κ3) is 4.37. The minimum atomic E-state index is 0.646. The average molecular weight is 325 g/mol. The summed E-state index contributed by atoms with van der Waals surface area (Å²) in [5.41, 5.74) is 2.03. The van der Waals surface area contributed by atoms with Gasteiger partial charge in [-0.15, -0.1) is 0 Å². The monoisotopic (exact) mass is 324 g/mol. The largest absolute Gasteiger partial charge is 0.348 e. The zero-order valence-corrected chi connectivity index (χ0v) is 13.3. The Hall–Kier alpha value is -1.29. The molecule has 0 unspecified atom stereocenters. The van der Waals surface area contributed by atoms with Gasteiger partial charge in [-0.3, -0.25) is 0 Å². The van der Waals surface area contributed by atoms with Crippen LogP contribution in [-0.4, -0.2) is 17.1 Å². The minimum Gasteiger partial charge on any atom is -0.348 e. The first kappa shape index (κ1) is 15.1. The maximum absolute atomic E-state index is 5.97. The van der Waals surface area contributed by atoms with Gasteiger partial charge in [-0.1, -0.05) is 35.3 Å². The summed E-state index contributed by atoms with van der Waals surface area (Å²) in [5, 5.41) is 5.25. The van der Waals surface area contributed by atoms with Crippen LogP contribution in [0.15, 0.2) is 48.5 Å². The second-order valence-corrected chi connectivity index (χ2v) is 5.68. The molecule has 0 aliphatic heterocycles. The smallest absolute Gasteiger partial charge is 0.173 e. The molecule has 0 fully saturated rings. The molecule has 0 saturated carbocycles. The molecule has 1 N–H and O–H groups in total. The zero-order chi connectivity index (χ0) is 14.5. The topological polar surface area (TPSA) is 15.3 Å². The van der Waals surface area contributed by atoms with Crippen LogP contribution in [0.5, 0.6) is 0 Å². The normalized spacial score (nSPS) is 10.2. The number of thiocarbonyl (C=S) groups is 1. The first-order valence-corrected chi connectivity index (χ1v) is 7.23. The Morgan fingerprint density at radius 3 is 2.45 bits per heavy atom. The van der Waals surface area contributed by atoms with E-state index in [1.54, 1.807) is 0 Å². The van der Waals surface area contributed by atoms with E-state index in [-0.39, 0.29) is 0 Å². The summed E-state index contributed by atoms with van der Waals surface area (Å²) in [5.74, 6) is 0. The Kier molecular flexibility index (Phi) is 5.24. The van der Waals surface area contributed by atoms with Crippen LogP contribution in [0.2, 0.25) is 10.0 Å². The van der Waals surface area contributed by atoms with Gasteiger partial charge in [-0.05, 0) is 54.2 Å². The highest BCUT2D eigenvalue weighted by atomic mass is 35.5. The number of hydrogen-bond acceptors (Lipinski definition) is 1. The number of rotatable bonds is 3. The molecule has 0 radical (unpaired) electrons. The van der Waals surface area contributed by atoms with Gasteiger partial charge in [-0.2, -0.15) is 0 Å². The van der Waals surface area contributed by atoms with E-state index in [0.29, 0.717) is 16.7 Å². The Bertz CT molecular complexity index is 599. The molecule has 5 heteroatoms. The highest BCUT2D eigenvalue weighted by Crippen LogP contribution is 2.15. The molecule has 2 rings (SSSR count). The molecule has 2 aromatic carbocycles. The van der Waals surface area contributed by atoms with E-state index in [0.717, 1.165) is 16.3 Å². The summed E-state index contributed by atoms with van der Waals surface area (Å²) < 4.78 is 0. The number of hydrogen-bond donors (Lipinski definition) is 1. The van der Waals surface area contributed by atoms with Gasteiger partial charge in [0.25, 0.3) is 0 Å². The van der Waals surface area contributed by atoms with Crippen molar-refractivity contribution in [3.63, 3.8) is 0 Å². The van der Waals surface area contributed by atoms with Crippen molar-refractivity contribution in [3.05, 3.63) is 64.1 Å². The fourth-order valence-corrected chi connectivity index (χ4v) is 2.25. The molecule has 0 aliphatic rings. The van der Waals surface area contributed by atoms with Crippen LogP contribution in [0, 0.1) is 0 Å². The standard InChI is InChI=1S/C15H14Cl2N2S/c1-19(10-11-3-2-4-13(17)9-11)15(20)18-14-7-5-12(16)6-8-14/h2-9H,10H2,1H3,(H,18,20). The number of nitrogens with one attached hydrogen (secondary N) is 1. The predicted octanol–water partition coefficient (Wildman–Crippen LogP) is 4.82. The molecule has 0 aliphatic carbocycles. The lowest BCUT2D eigenvalue weighted by Gasteiger charge is -2.21. The van der Waals surface area contributed by atoms with E-state index in [2.05, 4.69) is 5.32 Å².